The molecule has 0 amide bonds. The third kappa shape index (κ3) is 4.03. The third-order valence-corrected chi connectivity index (χ3v) is 2.95. The van der Waals surface area contributed by atoms with E-state index in [0.717, 1.165) is 17.0 Å². The minimum atomic E-state index is 0.170. The summed E-state index contributed by atoms with van der Waals surface area (Å²) in [5.74, 6) is 0.932. The molecule has 1 aromatic carbocycles. The molecule has 20 heavy (non-hydrogen) atoms. The maximum atomic E-state index is 5.85. The summed E-state index contributed by atoms with van der Waals surface area (Å²) in [6.07, 6.45) is 5.33. The van der Waals surface area contributed by atoms with Crippen LogP contribution in [0.15, 0.2) is 42.9 Å². The molecule has 0 spiro atoms. The van der Waals surface area contributed by atoms with Gasteiger partial charge in [-0.2, -0.15) is 0 Å². The SMILES string of the molecule is CC(C)Oc1ccccc1C(C)NCc1cnccn1. The zero-order valence-electron chi connectivity index (χ0n) is 12.2. The predicted octanol–water partition coefficient (Wildman–Crippen LogP) is 3.11. The van der Waals surface area contributed by atoms with E-state index in [4.69, 9.17) is 4.74 Å². The van der Waals surface area contributed by atoms with Crippen LogP contribution in [0.5, 0.6) is 5.75 Å². The van der Waals surface area contributed by atoms with Gasteiger partial charge in [-0.1, -0.05) is 18.2 Å². The van der Waals surface area contributed by atoms with E-state index in [-0.39, 0.29) is 12.1 Å². The molecule has 4 heteroatoms. The summed E-state index contributed by atoms with van der Waals surface area (Å²) in [5, 5.41) is 3.45. The number of ether oxygens (including phenoxy) is 1. The van der Waals surface area contributed by atoms with E-state index < -0.39 is 0 Å². The van der Waals surface area contributed by atoms with E-state index in [9.17, 15) is 0 Å². The molecule has 1 heterocycles. The van der Waals surface area contributed by atoms with Gasteiger partial charge in [-0.3, -0.25) is 9.97 Å². The monoisotopic (exact) mass is 271 g/mol. The molecule has 1 N–H and O–H groups in total. The van der Waals surface area contributed by atoms with Gasteiger partial charge < -0.3 is 10.1 Å². The normalized spacial score (nSPS) is 12.4. The second-order valence-corrected chi connectivity index (χ2v) is 5.00. The predicted molar refractivity (Wildman–Crippen MR) is 79.5 cm³/mol. The maximum absolute atomic E-state index is 5.85. The van der Waals surface area contributed by atoms with Crippen LogP contribution in [0.3, 0.4) is 0 Å². The highest BCUT2D eigenvalue weighted by Gasteiger charge is 2.12. The van der Waals surface area contributed by atoms with Crippen LogP contribution in [-0.2, 0) is 6.54 Å². The first-order valence-electron chi connectivity index (χ1n) is 6.90. The highest BCUT2D eigenvalue weighted by Crippen LogP contribution is 2.25. The Morgan fingerprint density at radius 2 is 1.95 bits per heavy atom. The first-order chi connectivity index (χ1) is 9.66. The first-order valence-corrected chi connectivity index (χ1v) is 6.90. The first kappa shape index (κ1) is 14.5. The molecular weight excluding hydrogens is 250 g/mol. The Hall–Kier alpha value is -1.94. The van der Waals surface area contributed by atoms with Gasteiger partial charge in [0, 0.05) is 36.7 Å². The largest absolute Gasteiger partial charge is 0.491 e. The molecular formula is C16H21N3O. The molecule has 0 radical (unpaired) electrons. The third-order valence-electron chi connectivity index (χ3n) is 2.95. The van der Waals surface area contributed by atoms with Crippen molar-refractivity contribution in [2.45, 2.75) is 39.5 Å². The van der Waals surface area contributed by atoms with Crippen LogP contribution in [0.1, 0.15) is 38.1 Å². The number of rotatable bonds is 6. The van der Waals surface area contributed by atoms with Crippen molar-refractivity contribution in [2.24, 2.45) is 0 Å². The molecule has 2 aromatic rings. The van der Waals surface area contributed by atoms with Crippen LogP contribution in [0.4, 0.5) is 0 Å². The van der Waals surface area contributed by atoms with Crippen LogP contribution < -0.4 is 10.1 Å². The van der Waals surface area contributed by atoms with Crippen molar-refractivity contribution >= 4 is 0 Å². The Balaban J connectivity index is 2.03. The van der Waals surface area contributed by atoms with Crippen LogP contribution in [0.2, 0.25) is 0 Å². The quantitative estimate of drug-likeness (QED) is 0.877. The second kappa shape index (κ2) is 7.01. The molecule has 1 atom stereocenters. The number of nitrogens with zero attached hydrogens (tertiary/aromatic N) is 2. The summed E-state index contributed by atoms with van der Waals surface area (Å²) in [7, 11) is 0. The molecule has 106 valence electrons. The standard InChI is InChI=1S/C16H21N3O/c1-12(2)20-16-7-5-4-6-15(16)13(3)19-11-14-10-17-8-9-18-14/h4-10,12-13,19H,11H2,1-3H3. The number of nitrogens with one attached hydrogen (secondary N) is 1. The molecule has 2 rings (SSSR count). The zero-order chi connectivity index (χ0) is 14.4. The summed E-state index contributed by atoms with van der Waals surface area (Å²) in [6.45, 7) is 6.88. The van der Waals surface area contributed by atoms with Gasteiger partial charge in [0.05, 0.1) is 11.8 Å². The summed E-state index contributed by atoms with van der Waals surface area (Å²) in [4.78, 5) is 8.32. The maximum Gasteiger partial charge on any atom is 0.124 e. The van der Waals surface area contributed by atoms with E-state index in [1.807, 2.05) is 32.0 Å². The van der Waals surface area contributed by atoms with Crippen molar-refractivity contribution in [3.63, 3.8) is 0 Å². The lowest BCUT2D eigenvalue weighted by atomic mass is 10.1. The van der Waals surface area contributed by atoms with Gasteiger partial charge in [0.15, 0.2) is 0 Å². The van der Waals surface area contributed by atoms with Crippen molar-refractivity contribution in [3.8, 4) is 5.75 Å². The molecule has 1 unspecified atom stereocenters. The van der Waals surface area contributed by atoms with Gasteiger partial charge in [0.2, 0.25) is 0 Å². The molecule has 0 fully saturated rings. The number of para-hydroxylation sites is 1. The fourth-order valence-corrected chi connectivity index (χ4v) is 1.99. The summed E-state index contributed by atoms with van der Waals surface area (Å²) in [6, 6.07) is 8.31. The summed E-state index contributed by atoms with van der Waals surface area (Å²) >= 11 is 0. The molecule has 0 aliphatic heterocycles. The van der Waals surface area contributed by atoms with Crippen molar-refractivity contribution in [1.29, 1.82) is 0 Å². The fraction of sp³-hybridized carbons (Fsp3) is 0.375. The van der Waals surface area contributed by atoms with E-state index in [1.54, 1.807) is 18.6 Å². The van der Waals surface area contributed by atoms with E-state index >= 15 is 0 Å². The van der Waals surface area contributed by atoms with Gasteiger partial charge in [-0.05, 0) is 26.8 Å². The van der Waals surface area contributed by atoms with Crippen LogP contribution in [-0.4, -0.2) is 16.1 Å². The zero-order valence-corrected chi connectivity index (χ0v) is 12.2. The molecule has 0 aliphatic rings. The number of benzene rings is 1. The number of aromatic nitrogens is 2. The smallest absolute Gasteiger partial charge is 0.124 e. The van der Waals surface area contributed by atoms with Crippen molar-refractivity contribution in [3.05, 3.63) is 54.1 Å². The van der Waals surface area contributed by atoms with Gasteiger partial charge >= 0.3 is 0 Å². The van der Waals surface area contributed by atoms with Gasteiger partial charge in [0.1, 0.15) is 5.75 Å². The van der Waals surface area contributed by atoms with Gasteiger partial charge in [0.25, 0.3) is 0 Å². The number of hydrogen-bond acceptors (Lipinski definition) is 4. The minimum Gasteiger partial charge on any atom is -0.491 e. The fourth-order valence-electron chi connectivity index (χ4n) is 1.99. The van der Waals surface area contributed by atoms with Crippen LogP contribution in [0.25, 0.3) is 0 Å². The molecule has 1 aromatic heterocycles. The Morgan fingerprint density at radius 3 is 2.65 bits per heavy atom. The topological polar surface area (TPSA) is 47.0 Å². The van der Waals surface area contributed by atoms with E-state index in [2.05, 4.69) is 28.3 Å². The Kier molecular flexibility index (Phi) is 5.07. The van der Waals surface area contributed by atoms with Crippen molar-refractivity contribution in [1.82, 2.24) is 15.3 Å². The molecule has 0 saturated carbocycles. The van der Waals surface area contributed by atoms with Gasteiger partial charge in [-0.15, -0.1) is 0 Å². The lowest BCUT2D eigenvalue weighted by Crippen LogP contribution is -2.20. The molecule has 4 nitrogen and oxygen atoms in total. The lowest BCUT2D eigenvalue weighted by molar-refractivity contribution is 0.238. The summed E-state index contributed by atoms with van der Waals surface area (Å²) < 4.78 is 5.85. The Bertz CT molecular complexity index is 528. The number of hydrogen-bond donors (Lipinski definition) is 1. The second-order valence-electron chi connectivity index (χ2n) is 5.00. The van der Waals surface area contributed by atoms with E-state index in [1.165, 1.54) is 0 Å². The van der Waals surface area contributed by atoms with Crippen LogP contribution >= 0.6 is 0 Å². The Labute approximate surface area is 120 Å². The minimum absolute atomic E-state index is 0.170. The van der Waals surface area contributed by atoms with Crippen molar-refractivity contribution < 1.29 is 4.74 Å². The van der Waals surface area contributed by atoms with Crippen LogP contribution in [0, 0.1) is 0 Å². The summed E-state index contributed by atoms with van der Waals surface area (Å²) in [5.41, 5.74) is 2.09. The van der Waals surface area contributed by atoms with E-state index in [0.29, 0.717) is 6.54 Å². The molecule has 0 aliphatic carbocycles. The average Bonchev–Trinajstić information content (AvgIpc) is 2.46. The molecule has 0 saturated heterocycles. The average molecular weight is 271 g/mol. The Morgan fingerprint density at radius 1 is 1.15 bits per heavy atom. The van der Waals surface area contributed by atoms with Crippen molar-refractivity contribution in [2.75, 3.05) is 0 Å². The highest BCUT2D eigenvalue weighted by atomic mass is 16.5. The highest BCUT2D eigenvalue weighted by molar-refractivity contribution is 5.35. The van der Waals surface area contributed by atoms with Gasteiger partial charge in [-0.25, -0.2) is 0 Å². The lowest BCUT2D eigenvalue weighted by Gasteiger charge is -2.19. The molecule has 0 bridgehead atoms.